The first-order valence-electron chi connectivity index (χ1n) is 6.45. The summed E-state index contributed by atoms with van der Waals surface area (Å²) in [5.74, 6) is 0. The van der Waals surface area contributed by atoms with Gasteiger partial charge in [-0.1, -0.05) is 0 Å². The van der Waals surface area contributed by atoms with Crippen LogP contribution in [0.2, 0.25) is 0 Å². The van der Waals surface area contributed by atoms with Crippen LogP contribution in [0, 0.1) is 0 Å². The Labute approximate surface area is 135 Å². The Morgan fingerprint density at radius 2 is 2.38 bits per heavy atom. The molecule has 0 bridgehead atoms. The Kier molecular flexibility index (Phi) is 4.34. The number of rotatable bonds is 5. The van der Waals surface area contributed by atoms with Crippen LogP contribution in [0.3, 0.4) is 0 Å². The number of hydrogen-bond acceptors (Lipinski definition) is 5. The molecule has 0 radical (unpaired) electrons. The van der Waals surface area contributed by atoms with Crippen molar-refractivity contribution in [3.8, 4) is 0 Å². The molecule has 2 aromatic heterocycles. The fraction of sp³-hybridized carbons (Fsp3) is 0.417. The van der Waals surface area contributed by atoms with E-state index in [2.05, 4.69) is 25.8 Å². The lowest BCUT2D eigenvalue weighted by atomic mass is 10.2. The summed E-state index contributed by atoms with van der Waals surface area (Å²) in [5, 5.41) is 4.17. The Morgan fingerprint density at radius 1 is 1.52 bits per heavy atom. The quantitative estimate of drug-likeness (QED) is 0.849. The van der Waals surface area contributed by atoms with E-state index in [4.69, 9.17) is 4.74 Å². The molecule has 6 nitrogen and oxygen atoms in total. The number of nitrogens with one attached hydrogen (secondary N) is 1. The summed E-state index contributed by atoms with van der Waals surface area (Å²) in [4.78, 5) is 0. The van der Waals surface area contributed by atoms with Crippen molar-refractivity contribution in [2.45, 2.75) is 29.7 Å². The SMILES string of the molecule is O=S(=O)(Nc1cnn(CC2CCCO2)c1)c1ccc(Br)s1. The molecule has 1 atom stereocenters. The monoisotopic (exact) mass is 391 g/mol. The zero-order valence-corrected chi connectivity index (χ0v) is 14.2. The molecule has 3 heterocycles. The minimum atomic E-state index is -3.55. The summed E-state index contributed by atoms with van der Waals surface area (Å²) in [6.07, 6.45) is 5.45. The molecule has 21 heavy (non-hydrogen) atoms. The summed E-state index contributed by atoms with van der Waals surface area (Å²) in [7, 11) is -3.55. The molecule has 1 unspecified atom stereocenters. The number of aromatic nitrogens is 2. The molecule has 3 rings (SSSR count). The molecule has 2 aromatic rings. The fourth-order valence-corrected chi connectivity index (χ4v) is 5.20. The maximum atomic E-state index is 12.2. The summed E-state index contributed by atoms with van der Waals surface area (Å²) in [6, 6.07) is 3.27. The average Bonchev–Trinajstić information content (AvgIpc) is 3.12. The smallest absolute Gasteiger partial charge is 0.271 e. The van der Waals surface area contributed by atoms with E-state index in [-0.39, 0.29) is 10.3 Å². The second-order valence-electron chi connectivity index (χ2n) is 4.75. The minimum Gasteiger partial charge on any atom is -0.376 e. The normalized spacial score (nSPS) is 19.0. The third kappa shape index (κ3) is 3.65. The standard InChI is InChI=1S/C12H14BrN3O3S2/c13-11-3-4-12(20-11)21(17,18)15-9-6-14-16(7-9)8-10-2-1-5-19-10/h3-4,6-7,10,15H,1-2,5,8H2. The van der Waals surface area contributed by atoms with E-state index in [0.29, 0.717) is 12.2 Å². The van der Waals surface area contributed by atoms with E-state index in [9.17, 15) is 8.42 Å². The van der Waals surface area contributed by atoms with Crippen LogP contribution in [0.5, 0.6) is 0 Å². The lowest BCUT2D eigenvalue weighted by Crippen LogP contribution is -2.15. The van der Waals surface area contributed by atoms with Crippen LogP contribution in [-0.2, 0) is 21.3 Å². The lowest BCUT2D eigenvalue weighted by molar-refractivity contribution is 0.0940. The third-order valence-corrected chi connectivity index (χ3v) is 6.61. The molecule has 0 aromatic carbocycles. The van der Waals surface area contributed by atoms with E-state index < -0.39 is 10.0 Å². The van der Waals surface area contributed by atoms with Crippen molar-refractivity contribution in [2.24, 2.45) is 0 Å². The summed E-state index contributed by atoms with van der Waals surface area (Å²) < 4.78 is 35.2. The van der Waals surface area contributed by atoms with Crippen molar-refractivity contribution >= 4 is 43.0 Å². The van der Waals surface area contributed by atoms with Gasteiger partial charge in [0.2, 0.25) is 0 Å². The minimum absolute atomic E-state index is 0.169. The predicted octanol–water partition coefficient (Wildman–Crippen LogP) is 2.69. The molecule has 0 spiro atoms. The molecule has 1 fully saturated rings. The number of hydrogen-bond donors (Lipinski definition) is 1. The second kappa shape index (κ2) is 6.07. The van der Waals surface area contributed by atoms with Gasteiger partial charge in [0, 0.05) is 12.8 Å². The second-order valence-corrected chi connectivity index (χ2v) is 9.12. The van der Waals surface area contributed by atoms with Gasteiger partial charge in [-0.2, -0.15) is 5.10 Å². The van der Waals surface area contributed by atoms with Crippen LogP contribution >= 0.6 is 27.3 Å². The molecule has 1 aliphatic heterocycles. The molecular weight excluding hydrogens is 378 g/mol. The molecule has 1 N–H and O–H groups in total. The highest BCUT2D eigenvalue weighted by molar-refractivity contribution is 9.11. The van der Waals surface area contributed by atoms with Crippen molar-refractivity contribution in [2.75, 3.05) is 11.3 Å². The van der Waals surface area contributed by atoms with Crippen LogP contribution in [0.25, 0.3) is 0 Å². The first kappa shape index (κ1) is 15.0. The number of sulfonamides is 1. The number of halogens is 1. The van der Waals surface area contributed by atoms with E-state index in [0.717, 1.165) is 23.2 Å². The summed E-state index contributed by atoms with van der Waals surface area (Å²) in [5.41, 5.74) is 0.456. The first-order chi connectivity index (χ1) is 10.0. The zero-order chi connectivity index (χ0) is 14.9. The molecule has 0 aliphatic carbocycles. The van der Waals surface area contributed by atoms with Crippen LogP contribution in [-0.4, -0.2) is 30.9 Å². The average molecular weight is 392 g/mol. The van der Waals surface area contributed by atoms with Gasteiger partial charge in [-0.3, -0.25) is 9.40 Å². The Hall–Kier alpha value is -0.900. The number of ether oxygens (including phenoxy) is 1. The highest BCUT2D eigenvalue weighted by Crippen LogP contribution is 2.27. The highest BCUT2D eigenvalue weighted by atomic mass is 79.9. The first-order valence-corrected chi connectivity index (χ1v) is 9.54. The Morgan fingerprint density at radius 3 is 3.05 bits per heavy atom. The van der Waals surface area contributed by atoms with Gasteiger partial charge in [-0.25, -0.2) is 8.42 Å². The van der Waals surface area contributed by atoms with Gasteiger partial charge >= 0.3 is 0 Å². The molecule has 1 saturated heterocycles. The number of thiophene rings is 1. The van der Waals surface area contributed by atoms with Crippen molar-refractivity contribution in [1.29, 1.82) is 0 Å². The summed E-state index contributed by atoms with van der Waals surface area (Å²) in [6.45, 7) is 1.44. The lowest BCUT2D eigenvalue weighted by Gasteiger charge is -2.08. The van der Waals surface area contributed by atoms with Gasteiger partial charge in [0.1, 0.15) is 4.21 Å². The number of anilines is 1. The van der Waals surface area contributed by atoms with Gasteiger partial charge in [-0.15, -0.1) is 11.3 Å². The largest absolute Gasteiger partial charge is 0.376 e. The molecule has 0 saturated carbocycles. The highest BCUT2D eigenvalue weighted by Gasteiger charge is 2.19. The van der Waals surface area contributed by atoms with E-state index in [1.165, 1.54) is 17.5 Å². The molecule has 114 valence electrons. The fourth-order valence-electron chi connectivity index (χ4n) is 2.16. The molecule has 9 heteroatoms. The van der Waals surface area contributed by atoms with Crippen molar-refractivity contribution in [3.05, 3.63) is 28.3 Å². The third-order valence-electron chi connectivity index (χ3n) is 3.11. The molecular formula is C12H14BrN3O3S2. The van der Waals surface area contributed by atoms with Gasteiger partial charge in [-0.05, 0) is 40.9 Å². The van der Waals surface area contributed by atoms with Gasteiger partial charge in [0.05, 0.1) is 28.3 Å². The molecule has 0 amide bonds. The van der Waals surface area contributed by atoms with Gasteiger partial charge in [0.15, 0.2) is 0 Å². The van der Waals surface area contributed by atoms with Crippen molar-refractivity contribution < 1.29 is 13.2 Å². The van der Waals surface area contributed by atoms with Crippen molar-refractivity contribution in [3.63, 3.8) is 0 Å². The zero-order valence-electron chi connectivity index (χ0n) is 11.0. The van der Waals surface area contributed by atoms with Gasteiger partial charge < -0.3 is 4.74 Å². The van der Waals surface area contributed by atoms with Crippen molar-refractivity contribution in [1.82, 2.24) is 9.78 Å². The Balaban J connectivity index is 1.69. The maximum absolute atomic E-state index is 12.2. The van der Waals surface area contributed by atoms with E-state index in [1.54, 1.807) is 23.0 Å². The number of nitrogens with zero attached hydrogens (tertiary/aromatic N) is 2. The van der Waals surface area contributed by atoms with Crippen LogP contribution < -0.4 is 4.72 Å². The predicted molar refractivity (Wildman–Crippen MR) is 84.0 cm³/mol. The summed E-state index contributed by atoms with van der Waals surface area (Å²) >= 11 is 4.42. The van der Waals surface area contributed by atoms with Crippen LogP contribution in [0.15, 0.2) is 32.5 Å². The van der Waals surface area contributed by atoms with Gasteiger partial charge in [0.25, 0.3) is 10.0 Å². The van der Waals surface area contributed by atoms with E-state index >= 15 is 0 Å². The topological polar surface area (TPSA) is 73.2 Å². The van der Waals surface area contributed by atoms with E-state index in [1.807, 2.05) is 0 Å². The molecule has 1 aliphatic rings. The maximum Gasteiger partial charge on any atom is 0.271 e. The van der Waals surface area contributed by atoms with Crippen LogP contribution in [0.1, 0.15) is 12.8 Å². The Bertz CT molecular complexity index is 720. The van der Waals surface area contributed by atoms with Crippen LogP contribution in [0.4, 0.5) is 5.69 Å².